The Morgan fingerprint density at radius 1 is 0.769 bits per heavy atom. The molecule has 1 atom stereocenters. The second-order valence-corrected chi connectivity index (χ2v) is 11.8. The van der Waals surface area contributed by atoms with Crippen molar-refractivity contribution in [1.29, 1.82) is 0 Å². The highest BCUT2D eigenvalue weighted by Gasteiger charge is 2.42. The van der Waals surface area contributed by atoms with Crippen LogP contribution in [0.3, 0.4) is 0 Å². The SMILES string of the molecule is CCCCCC[S+]([O-])C1(C)CCC(C2CCC(CCCCC)CC2)CC1. The van der Waals surface area contributed by atoms with E-state index in [0.717, 1.165) is 23.5 Å². The lowest BCUT2D eigenvalue weighted by Crippen LogP contribution is -2.42. The maximum absolute atomic E-state index is 12.8. The van der Waals surface area contributed by atoms with Gasteiger partial charge in [-0.15, -0.1) is 0 Å². The molecule has 26 heavy (non-hydrogen) atoms. The first-order valence-electron chi connectivity index (χ1n) is 12.0. The molecule has 2 aliphatic rings. The lowest BCUT2D eigenvalue weighted by Gasteiger charge is -2.42. The molecule has 0 aromatic heterocycles. The van der Waals surface area contributed by atoms with Crippen molar-refractivity contribution in [3.63, 3.8) is 0 Å². The van der Waals surface area contributed by atoms with Gasteiger partial charge < -0.3 is 4.55 Å². The molecule has 0 saturated heterocycles. The first-order valence-corrected chi connectivity index (χ1v) is 13.3. The van der Waals surface area contributed by atoms with Crippen LogP contribution in [0.15, 0.2) is 0 Å². The highest BCUT2D eigenvalue weighted by Crippen LogP contribution is 2.45. The smallest absolute Gasteiger partial charge is 0.122 e. The molecular formula is C24H46OS. The van der Waals surface area contributed by atoms with Crippen LogP contribution in [0.5, 0.6) is 0 Å². The highest BCUT2D eigenvalue weighted by atomic mass is 32.2. The third-order valence-corrected chi connectivity index (χ3v) is 9.76. The van der Waals surface area contributed by atoms with E-state index in [-0.39, 0.29) is 4.75 Å². The molecule has 2 fully saturated rings. The summed E-state index contributed by atoms with van der Waals surface area (Å²) in [5.41, 5.74) is 0. The third-order valence-electron chi connectivity index (χ3n) is 7.59. The monoisotopic (exact) mass is 382 g/mol. The Hall–Kier alpha value is 0.310. The minimum atomic E-state index is -0.606. The van der Waals surface area contributed by atoms with E-state index in [2.05, 4.69) is 20.8 Å². The van der Waals surface area contributed by atoms with Crippen molar-refractivity contribution in [3.8, 4) is 0 Å². The summed E-state index contributed by atoms with van der Waals surface area (Å²) < 4.78 is 13.0. The fourth-order valence-corrected chi connectivity index (χ4v) is 7.14. The van der Waals surface area contributed by atoms with E-state index in [9.17, 15) is 4.55 Å². The van der Waals surface area contributed by atoms with Crippen molar-refractivity contribution in [2.24, 2.45) is 17.8 Å². The molecule has 0 radical (unpaired) electrons. The summed E-state index contributed by atoms with van der Waals surface area (Å²) in [6, 6.07) is 0. The van der Waals surface area contributed by atoms with Gasteiger partial charge in [0, 0.05) is 0 Å². The van der Waals surface area contributed by atoms with Crippen LogP contribution in [0.25, 0.3) is 0 Å². The van der Waals surface area contributed by atoms with Crippen LogP contribution < -0.4 is 0 Å². The third kappa shape index (κ3) is 7.04. The van der Waals surface area contributed by atoms with Crippen LogP contribution in [0.4, 0.5) is 0 Å². The zero-order chi connectivity index (χ0) is 18.8. The molecule has 0 heterocycles. The fourth-order valence-electron chi connectivity index (χ4n) is 5.49. The van der Waals surface area contributed by atoms with Gasteiger partial charge in [0.05, 0.1) is 0 Å². The van der Waals surface area contributed by atoms with Gasteiger partial charge in [-0.3, -0.25) is 0 Å². The molecule has 0 spiro atoms. The van der Waals surface area contributed by atoms with Gasteiger partial charge in [0.1, 0.15) is 10.5 Å². The van der Waals surface area contributed by atoms with E-state index in [0.29, 0.717) is 0 Å². The molecule has 0 N–H and O–H groups in total. The van der Waals surface area contributed by atoms with Crippen LogP contribution in [0.2, 0.25) is 0 Å². The van der Waals surface area contributed by atoms with Crippen LogP contribution in [-0.2, 0) is 11.2 Å². The van der Waals surface area contributed by atoms with Gasteiger partial charge in [0.15, 0.2) is 0 Å². The van der Waals surface area contributed by atoms with Crippen molar-refractivity contribution < 1.29 is 4.55 Å². The molecule has 154 valence electrons. The molecule has 0 aliphatic heterocycles. The minimum absolute atomic E-state index is 0.125. The quantitative estimate of drug-likeness (QED) is 0.266. The Morgan fingerprint density at radius 2 is 1.35 bits per heavy atom. The molecule has 0 aromatic rings. The Kier molecular flexibility index (Phi) is 10.4. The van der Waals surface area contributed by atoms with E-state index in [1.54, 1.807) is 0 Å². The molecule has 2 saturated carbocycles. The zero-order valence-corrected chi connectivity index (χ0v) is 18.9. The highest BCUT2D eigenvalue weighted by molar-refractivity contribution is 7.92. The second-order valence-electron chi connectivity index (χ2n) is 9.67. The zero-order valence-electron chi connectivity index (χ0n) is 18.1. The Bertz CT molecular complexity index is 353. The van der Waals surface area contributed by atoms with E-state index >= 15 is 0 Å². The van der Waals surface area contributed by atoms with Crippen LogP contribution in [0.1, 0.15) is 124 Å². The predicted octanol–water partition coefficient (Wildman–Crippen LogP) is 7.65. The molecule has 2 heteroatoms. The summed E-state index contributed by atoms with van der Waals surface area (Å²) in [6.07, 6.45) is 21.8. The predicted molar refractivity (Wildman–Crippen MR) is 117 cm³/mol. The fraction of sp³-hybridized carbons (Fsp3) is 1.00. The van der Waals surface area contributed by atoms with Gasteiger partial charge in [-0.2, -0.15) is 0 Å². The van der Waals surface area contributed by atoms with Gasteiger partial charge in [-0.1, -0.05) is 65.2 Å². The first kappa shape index (κ1) is 22.6. The minimum Gasteiger partial charge on any atom is -0.616 e. The molecule has 0 bridgehead atoms. The summed E-state index contributed by atoms with van der Waals surface area (Å²) >= 11 is -0.606. The lowest BCUT2D eigenvalue weighted by molar-refractivity contribution is 0.151. The number of rotatable bonds is 11. The molecule has 1 nitrogen and oxygen atoms in total. The largest absolute Gasteiger partial charge is 0.616 e. The number of hydrogen-bond donors (Lipinski definition) is 0. The van der Waals surface area contributed by atoms with E-state index < -0.39 is 11.2 Å². The maximum atomic E-state index is 12.8. The van der Waals surface area contributed by atoms with Crippen LogP contribution in [0, 0.1) is 17.8 Å². The van der Waals surface area contributed by atoms with Crippen molar-refractivity contribution in [2.45, 2.75) is 128 Å². The van der Waals surface area contributed by atoms with Crippen molar-refractivity contribution in [2.75, 3.05) is 5.75 Å². The first-order chi connectivity index (χ1) is 12.6. The normalized spacial score (nSPS) is 33.9. The molecule has 0 aromatic carbocycles. The standard InChI is InChI=1S/C24H46OS/c1-4-6-8-10-20-26(25)24(3)18-16-23(17-19-24)22-14-12-21(13-15-22)11-9-7-5-2/h21-23H,4-20H2,1-3H3. The number of unbranched alkanes of at least 4 members (excludes halogenated alkanes) is 5. The average molecular weight is 383 g/mol. The van der Waals surface area contributed by atoms with E-state index in [4.69, 9.17) is 0 Å². The van der Waals surface area contributed by atoms with Gasteiger partial charge >= 0.3 is 0 Å². The molecule has 2 rings (SSSR count). The van der Waals surface area contributed by atoms with Gasteiger partial charge in [-0.25, -0.2) is 0 Å². The second kappa shape index (κ2) is 12.0. The van der Waals surface area contributed by atoms with Gasteiger partial charge in [0.25, 0.3) is 0 Å². The van der Waals surface area contributed by atoms with Gasteiger partial charge in [-0.05, 0) is 87.2 Å². The summed E-state index contributed by atoms with van der Waals surface area (Å²) in [5, 5.41) is 0. The van der Waals surface area contributed by atoms with Crippen molar-refractivity contribution in [3.05, 3.63) is 0 Å². The maximum Gasteiger partial charge on any atom is 0.122 e. The number of hydrogen-bond acceptors (Lipinski definition) is 1. The van der Waals surface area contributed by atoms with Crippen LogP contribution >= 0.6 is 0 Å². The summed E-state index contributed by atoms with van der Waals surface area (Å²) in [5.74, 6) is 3.91. The summed E-state index contributed by atoms with van der Waals surface area (Å²) in [7, 11) is 0. The van der Waals surface area contributed by atoms with Crippen LogP contribution in [-0.4, -0.2) is 15.1 Å². The average Bonchev–Trinajstić information content (AvgIpc) is 2.66. The van der Waals surface area contributed by atoms with Crippen molar-refractivity contribution in [1.82, 2.24) is 0 Å². The Labute approximate surface area is 167 Å². The topological polar surface area (TPSA) is 23.1 Å². The van der Waals surface area contributed by atoms with E-state index in [1.165, 1.54) is 103 Å². The molecular weight excluding hydrogens is 336 g/mol. The Morgan fingerprint density at radius 3 is 1.96 bits per heavy atom. The van der Waals surface area contributed by atoms with Crippen molar-refractivity contribution >= 4 is 11.2 Å². The molecule has 1 unspecified atom stereocenters. The molecule has 0 amide bonds. The summed E-state index contributed by atoms with van der Waals surface area (Å²) in [6.45, 7) is 6.88. The van der Waals surface area contributed by atoms with Gasteiger partial charge in [0.2, 0.25) is 0 Å². The van der Waals surface area contributed by atoms with E-state index in [1.807, 2.05) is 0 Å². The molecule has 2 aliphatic carbocycles. The Balaban J connectivity index is 1.66. The summed E-state index contributed by atoms with van der Waals surface area (Å²) in [4.78, 5) is 0. The lowest BCUT2D eigenvalue weighted by atomic mass is 9.68.